The minimum Gasteiger partial charge on any atom is -0.493 e. The molecular weight excluding hydrogens is 565 g/mol. The van der Waals surface area contributed by atoms with Gasteiger partial charge in [-0.15, -0.1) is 0 Å². The molecule has 1 N–H and O–H groups in total. The van der Waals surface area contributed by atoms with E-state index in [0.29, 0.717) is 31.6 Å². The van der Waals surface area contributed by atoms with Crippen molar-refractivity contribution in [2.45, 2.75) is 27.0 Å². The topological polar surface area (TPSA) is 121 Å². The van der Waals surface area contributed by atoms with Crippen molar-refractivity contribution >= 4 is 56.9 Å². The van der Waals surface area contributed by atoms with Gasteiger partial charge < -0.3 is 9.47 Å². The lowest BCUT2D eigenvalue weighted by atomic mass is 10.2. The summed E-state index contributed by atoms with van der Waals surface area (Å²) in [5, 5.41) is 20.1. The minimum atomic E-state index is -0.521. The van der Waals surface area contributed by atoms with Crippen molar-refractivity contribution in [1.82, 2.24) is 15.2 Å². The largest absolute Gasteiger partial charge is 0.493 e. The number of methoxy groups -OCH3 is 1. The Kier molecular flexibility index (Phi) is 8.71. The zero-order valence-corrected chi connectivity index (χ0v) is 21.9. The summed E-state index contributed by atoms with van der Waals surface area (Å²) < 4.78 is 13.2. The quantitative estimate of drug-likeness (QED) is 0.209. The molecule has 0 aliphatic rings. The van der Waals surface area contributed by atoms with Crippen molar-refractivity contribution in [3.63, 3.8) is 0 Å². The first-order valence-corrected chi connectivity index (χ1v) is 11.6. The molecule has 0 atom stereocenters. The number of amides is 1. The second-order valence-electron chi connectivity index (χ2n) is 7.29. The van der Waals surface area contributed by atoms with E-state index < -0.39 is 10.8 Å². The molecule has 1 heterocycles. The lowest BCUT2D eigenvalue weighted by molar-refractivity contribution is -0.386. The summed E-state index contributed by atoms with van der Waals surface area (Å²) in [5.41, 5.74) is 4.17. The molecule has 0 radical (unpaired) electrons. The van der Waals surface area contributed by atoms with Crippen molar-refractivity contribution in [1.29, 1.82) is 0 Å². The molecule has 0 saturated carbocycles. The molecule has 10 nitrogen and oxygen atoms in total. The number of nitrogens with one attached hydrogen (secondary N) is 1. The molecule has 0 saturated heterocycles. The molecule has 0 unspecified atom stereocenters. The van der Waals surface area contributed by atoms with Crippen LogP contribution < -0.4 is 14.9 Å². The number of nitro groups is 1. The van der Waals surface area contributed by atoms with Gasteiger partial charge in [0.1, 0.15) is 24.5 Å². The third-order valence-corrected chi connectivity index (χ3v) is 6.04. The van der Waals surface area contributed by atoms with Crippen LogP contribution in [0.5, 0.6) is 11.5 Å². The third-order valence-electron chi connectivity index (χ3n) is 4.86. The third kappa shape index (κ3) is 6.50. The van der Waals surface area contributed by atoms with Crippen molar-refractivity contribution in [3.8, 4) is 11.5 Å². The van der Waals surface area contributed by atoms with Gasteiger partial charge in [0.05, 0.1) is 22.7 Å². The highest BCUT2D eigenvalue weighted by molar-refractivity contribution is 9.10. The van der Waals surface area contributed by atoms with Crippen molar-refractivity contribution in [2.24, 2.45) is 5.10 Å². The number of ether oxygens (including phenoxy) is 2. The average molecular weight is 585 g/mol. The van der Waals surface area contributed by atoms with Crippen LogP contribution in [0.2, 0.25) is 10.0 Å². The standard InChI is InChI=1S/C22H20BrCl2N5O5/c1-12-21(30(32)33)13(2)29(28-12)10-20(31)27-26-9-14-6-17(23)22(19(7-14)34-3)35-11-15-4-5-16(24)8-18(15)25/h4-9H,10-11H2,1-3H3,(H,27,31). The van der Waals surface area contributed by atoms with E-state index in [0.717, 1.165) is 5.56 Å². The van der Waals surface area contributed by atoms with Gasteiger partial charge in [0.2, 0.25) is 0 Å². The zero-order valence-electron chi connectivity index (χ0n) is 18.8. The highest BCUT2D eigenvalue weighted by Gasteiger charge is 2.22. The van der Waals surface area contributed by atoms with Gasteiger partial charge in [-0.3, -0.25) is 19.6 Å². The number of aromatic nitrogens is 2. The molecule has 1 aromatic heterocycles. The van der Waals surface area contributed by atoms with E-state index >= 15 is 0 Å². The van der Waals surface area contributed by atoms with Gasteiger partial charge in [-0.1, -0.05) is 29.3 Å². The Balaban J connectivity index is 1.66. The van der Waals surface area contributed by atoms with Gasteiger partial charge in [-0.05, 0) is 59.6 Å². The molecule has 0 fully saturated rings. The molecule has 35 heavy (non-hydrogen) atoms. The van der Waals surface area contributed by atoms with Crippen LogP contribution in [0.4, 0.5) is 5.69 Å². The molecule has 1 amide bonds. The molecule has 13 heteroatoms. The summed E-state index contributed by atoms with van der Waals surface area (Å²) in [4.78, 5) is 22.8. The van der Waals surface area contributed by atoms with Crippen LogP contribution in [0.25, 0.3) is 0 Å². The van der Waals surface area contributed by atoms with Gasteiger partial charge in [0, 0.05) is 15.6 Å². The highest BCUT2D eigenvalue weighted by Crippen LogP contribution is 2.37. The maximum atomic E-state index is 12.2. The van der Waals surface area contributed by atoms with Gasteiger partial charge in [-0.2, -0.15) is 10.2 Å². The number of halogens is 3. The number of carbonyl (C=O) groups excluding carboxylic acids is 1. The molecule has 0 aliphatic carbocycles. The van der Waals surface area contributed by atoms with E-state index in [4.69, 9.17) is 32.7 Å². The van der Waals surface area contributed by atoms with E-state index in [1.165, 1.54) is 31.9 Å². The van der Waals surface area contributed by atoms with E-state index in [1.54, 1.807) is 30.3 Å². The maximum Gasteiger partial charge on any atom is 0.312 e. The monoisotopic (exact) mass is 583 g/mol. The highest BCUT2D eigenvalue weighted by atomic mass is 79.9. The first-order chi connectivity index (χ1) is 16.6. The summed E-state index contributed by atoms with van der Waals surface area (Å²) in [5.74, 6) is 0.408. The lowest BCUT2D eigenvalue weighted by Gasteiger charge is -2.14. The zero-order chi connectivity index (χ0) is 25.7. The van der Waals surface area contributed by atoms with E-state index in [1.807, 2.05) is 0 Å². The van der Waals surface area contributed by atoms with Crippen molar-refractivity contribution in [2.75, 3.05) is 7.11 Å². The molecule has 3 rings (SSSR count). The predicted octanol–water partition coefficient (Wildman–Crippen LogP) is 5.22. The predicted molar refractivity (Wildman–Crippen MR) is 136 cm³/mol. The average Bonchev–Trinajstić information content (AvgIpc) is 3.06. The summed E-state index contributed by atoms with van der Waals surface area (Å²) in [6.07, 6.45) is 1.43. The maximum absolute atomic E-state index is 12.2. The number of carbonyl (C=O) groups is 1. The molecule has 3 aromatic rings. The fraction of sp³-hybridized carbons (Fsp3) is 0.227. The van der Waals surface area contributed by atoms with E-state index in [2.05, 4.69) is 31.6 Å². The Bertz CT molecular complexity index is 1310. The first kappa shape index (κ1) is 26.5. The van der Waals surface area contributed by atoms with Gasteiger partial charge in [0.15, 0.2) is 11.5 Å². The molecule has 184 valence electrons. The van der Waals surface area contributed by atoms with Crippen LogP contribution in [0.3, 0.4) is 0 Å². The summed E-state index contributed by atoms with van der Waals surface area (Å²) in [6.45, 7) is 3.02. The Morgan fingerprint density at radius 2 is 2.06 bits per heavy atom. The van der Waals surface area contributed by atoms with Crippen LogP contribution in [0, 0.1) is 24.0 Å². The Hall–Kier alpha value is -3.15. The second-order valence-corrected chi connectivity index (χ2v) is 8.98. The normalized spacial score (nSPS) is 11.0. The van der Waals surface area contributed by atoms with E-state index in [9.17, 15) is 14.9 Å². The summed E-state index contributed by atoms with van der Waals surface area (Å²) >= 11 is 15.6. The van der Waals surface area contributed by atoms with Crippen LogP contribution >= 0.6 is 39.1 Å². The molecule has 2 aromatic carbocycles. The molecule has 0 bridgehead atoms. The van der Waals surface area contributed by atoms with Gasteiger partial charge in [0.25, 0.3) is 5.91 Å². The Morgan fingerprint density at radius 3 is 2.69 bits per heavy atom. The number of hydrogen-bond donors (Lipinski definition) is 1. The lowest BCUT2D eigenvalue weighted by Crippen LogP contribution is -2.24. The van der Waals surface area contributed by atoms with Crippen molar-refractivity contribution < 1.29 is 19.2 Å². The minimum absolute atomic E-state index is 0.112. The van der Waals surface area contributed by atoms with Crippen LogP contribution in [0.15, 0.2) is 39.9 Å². The smallest absolute Gasteiger partial charge is 0.312 e. The van der Waals surface area contributed by atoms with Crippen molar-refractivity contribution in [3.05, 3.63) is 77.5 Å². The summed E-state index contributed by atoms with van der Waals surface area (Å²) in [7, 11) is 1.50. The first-order valence-electron chi connectivity index (χ1n) is 10.0. The number of hydrogen-bond acceptors (Lipinski definition) is 7. The number of rotatable bonds is 9. The Morgan fingerprint density at radius 1 is 1.31 bits per heavy atom. The number of benzene rings is 2. The number of hydrazone groups is 1. The van der Waals surface area contributed by atoms with Crippen LogP contribution in [-0.2, 0) is 17.9 Å². The SMILES string of the molecule is COc1cc(C=NNC(=O)Cn2nc(C)c([N+](=O)[O-])c2C)cc(Br)c1OCc1ccc(Cl)cc1Cl. The Labute approximate surface area is 219 Å². The van der Waals surface area contributed by atoms with Crippen LogP contribution in [0.1, 0.15) is 22.5 Å². The van der Waals surface area contributed by atoms with Crippen LogP contribution in [-0.4, -0.2) is 33.9 Å². The van der Waals surface area contributed by atoms with Gasteiger partial charge in [-0.25, -0.2) is 5.43 Å². The van der Waals surface area contributed by atoms with Gasteiger partial charge >= 0.3 is 5.69 Å². The fourth-order valence-electron chi connectivity index (χ4n) is 3.20. The fourth-order valence-corrected chi connectivity index (χ4v) is 4.24. The molecular formula is C22H20BrCl2N5O5. The number of nitrogens with zero attached hydrogens (tertiary/aromatic N) is 4. The second kappa shape index (κ2) is 11.5. The molecule has 0 aliphatic heterocycles. The molecule has 0 spiro atoms. The van der Waals surface area contributed by atoms with E-state index in [-0.39, 0.29) is 30.2 Å². The summed E-state index contributed by atoms with van der Waals surface area (Å²) in [6, 6.07) is 8.56. The number of aryl methyl sites for hydroxylation is 1.